The number of nitrogens with zero attached hydrogens (tertiary/aromatic N) is 4. The molecule has 13 heteroatoms. The maximum atomic E-state index is 15.7. The predicted octanol–water partition coefficient (Wildman–Crippen LogP) is 0.408. The van der Waals surface area contributed by atoms with Crippen LogP contribution in [-0.4, -0.2) is 153 Å². The Morgan fingerprint density at radius 1 is 0.915 bits per heavy atom. The lowest BCUT2D eigenvalue weighted by Gasteiger charge is -2.48. The molecule has 2 amide bonds. The number of carbonyl (C=O) groups is 2. The van der Waals surface area contributed by atoms with Gasteiger partial charge in [-0.05, 0) is 59.2 Å². The fourth-order valence-electron chi connectivity index (χ4n) is 8.42. The van der Waals surface area contributed by atoms with Crippen molar-refractivity contribution in [1.82, 2.24) is 35.6 Å². The van der Waals surface area contributed by atoms with Crippen molar-refractivity contribution in [3.05, 3.63) is 11.6 Å². The van der Waals surface area contributed by atoms with Crippen LogP contribution in [0.2, 0.25) is 0 Å². The Morgan fingerprint density at radius 3 is 2.30 bits per heavy atom. The number of hydrogen-bond donors (Lipinski definition) is 5. The third-order valence-electron chi connectivity index (χ3n) is 11.3. The molecule has 0 aromatic rings. The zero-order valence-electron chi connectivity index (χ0n) is 28.7. The van der Waals surface area contributed by atoms with Gasteiger partial charge in [-0.2, -0.15) is 0 Å². The summed E-state index contributed by atoms with van der Waals surface area (Å²) in [6.07, 6.45) is 5.47. The molecule has 0 radical (unpaired) electrons. The second-order valence-corrected chi connectivity index (χ2v) is 14.9. The molecule has 0 bridgehead atoms. The number of piperazine rings is 1. The quantitative estimate of drug-likeness (QED) is 0.194. The third kappa shape index (κ3) is 9.70. The van der Waals surface area contributed by atoms with Gasteiger partial charge in [0.05, 0.1) is 24.2 Å². The van der Waals surface area contributed by atoms with Crippen LogP contribution in [0.4, 0.5) is 8.78 Å². The van der Waals surface area contributed by atoms with Crippen LogP contribution < -0.4 is 27.4 Å². The number of likely N-dealkylation sites (N-methyl/N-ethyl adjacent to an activating group) is 1. The molecule has 5 aliphatic heterocycles. The zero-order valence-corrected chi connectivity index (χ0v) is 28.7. The topological polar surface area (TPSA) is 135 Å². The minimum absolute atomic E-state index is 0.0541. The maximum Gasteiger partial charge on any atom is 0.228 e. The smallest absolute Gasteiger partial charge is 0.228 e. The Hall–Kier alpha value is -1.74. The average Bonchev–Trinajstić information content (AvgIpc) is 3.03. The number of nitrogens with one attached hydrogen (secondary N) is 3. The number of alkyl halides is 2. The third-order valence-corrected chi connectivity index (χ3v) is 11.3. The summed E-state index contributed by atoms with van der Waals surface area (Å²) in [4.78, 5) is 36.3. The van der Waals surface area contributed by atoms with Crippen LogP contribution in [0.3, 0.4) is 0 Å². The number of hydrogen-bond acceptors (Lipinski definition) is 9. The molecule has 6 unspecified atom stereocenters. The fourth-order valence-corrected chi connectivity index (χ4v) is 8.42. The number of nitrogens with two attached hydrogens (primary N) is 2. The van der Waals surface area contributed by atoms with Crippen LogP contribution in [0.1, 0.15) is 58.3 Å². The Morgan fingerprint density at radius 2 is 1.62 bits per heavy atom. The number of rotatable bonds is 7. The summed E-state index contributed by atoms with van der Waals surface area (Å²) in [5, 5.41) is 9.49. The first-order chi connectivity index (χ1) is 22.6. The van der Waals surface area contributed by atoms with Crippen molar-refractivity contribution < 1.29 is 18.4 Å². The Balaban J connectivity index is 1.18. The minimum atomic E-state index is -1.18. The molecule has 4 saturated heterocycles. The molecule has 0 aromatic carbocycles. The van der Waals surface area contributed by atoms with Crippen LogP contribution in [0.15, 0.2) is 11.6 Å². The lowest BCUT2D eigenvalue weighted by molar-refractivity contribution is -0.140. The van der Waals surface area contributed by atoms with Gasteiger partial charge in [0.25, 0.3) is 0 Å². The van der Waals surface area contributed by atoms with E-state index in [0.717, 1.165) is 76.9 Å². The van der Waals surface area contributed by atoms with E-state index in [1.54, 1.807) is 0 Å². The van der Waals surface area contributed by atoms with E-state index in [1.165, 1.54) is 0 Å². The fraction of sp³-hybridized carbons (Fsp3) is 0.882. The Kier molecular flexibility index (Phi) is 13.4. The Labute approximate surface area is 280 Å². The molecule has 47 heavy (non-hydrogen) atoms. The molecule has 268 valence electrons. The van der Waals surface area contributed by atoms with E-state index >= 15 is 4.39 Å². The molecule has 6 atom stereocenters. The molecule has 11 nitrogen and oxygen atoms in total. The number of amides is 2. The van der Waals surface area contributed by atoms with Gasteiger partial charge in [-0.1, -0.05) is 30.9 Å². The van der Waals surface area contributed by atoms with Crippen molar-refractivity contribution in [3.63, 3.8) is 0 Å². The first-order valence-corrected chi connectivity index (χ1v) is 18.3. The Bertz CT molecular complexity index is 1040. The lowest BCUT2D eigenvalue weighted by atomic mass is 9.88. The van der Waals surface area contributed by atoms with Crippen molar-refractivity contribution in [2.75, 3.05) is 79.0 Å². The SMILES string of the molecule is CC1=CC(C(C(=O)NC2CNCC(F)C2N2CCC(C(=O)N3CCN(C4CN(C)C4)CC3)CC2)C(N)N)NCC(F)CCCCCC1. The normalized spacial score (nSPS) is 33.0. The van der Waals surface area contributed by atoms with Crippen molar-refractivity contribution in [3.8, 4) is 0 Å². The summed E-state index contributed by atoms with van der Waals surface area (Å²) in [5.74, 6) is -1.03. The van der Waals surface area contributed by atoms with E-state index in [2.05, 4.69) is 37.7 Å². The highest BCUT2D eigenvalue weighted by atomic mass is 19.1. The molecule has 5 aliphatic rings. The number of allylic oxidation sites excluding steroid dienone is 1. The number of carbonyl (C=O) groups excluding carboxylic acids is 2. The van der Waals surface area contributed by atoms with Crippen LogP contribution in [0, 0.1) is 11.8 Å². The van der Waals surface area contributed by atoms with Crippen molar-refractivity contribution in [2.24, 2.45) is 23.3 Å². The molecule has 7 N–H and O–H groups in total. The first kappa shape index (κ1) is 36.5. The van der Waals surface area contributed by atoms with Gasteiger partial charge < -0.3 is 37.2 Å². The highest BCUT2D eigenvalue weighted by Crippen LogP contribution is 2.27. The van der Waals surface area contributed by atoms with Crippen LogP contribution >= 0.6 is 0 Å². The number of likely N-dealkylation sites (tertiary alicyclic amines) is 2. The monoisotopic (exact) mass is 665 g/mol. The summed E-state index contributed by atoms with van der Waals surface area (Å²) in [7, 11) is 2.14. The van der Waals surface area contributed by atoms with E-state index in [1.807, 2.05) is 17.9 Å². The summed E-state index contributed by atoms with van der Waals surface area (Å²) >= 11 is 0. The van der Waals surface area contributed by atoms with Crippen LogP contribution in [-0.2, 0) is 9.59 Å². The molecule has 0 saturated carbocycles. The lowest BCUT2D eigenvalue weighted by Crippen LogP contribution is -2.67. The zero-order chi connectivity index (χ0) is 33.5. The van der Waals surface area contributed by atoms with Gasteiger partial charge in [-0.3, -0.25) is 19.4 Å². The average molecular weight is 666 g/mol. The molecule has 0 aromatic heterocycles. The largest absolute Gasteiger partial charge is 0.350 e. The number of piperidine rings is 2. The van der Waals surface area contributed by atoms with E-state index in [4.69, 9.17) is 11.5 Å². The molecule has 5 heterocycles. The molecular formula is C34H61F2N9O2. The summed E-state index contributed by atoms with van der Waals surface area (Å²) < 4.78 is 30.4. The van der Waals surface area contributed by atoms with E-state index in [0.29, 0.717) is 44.9 Å². The van der Waals surface area contributed by atoms with Crippen molar-refractivity contribution in [1.29, 1.82) is 0 Å². The predicted molar refractivity (Wildman–Crippen MR) is 181 cm³/mol. The summed E-state index contributed by atoms with van der Waals surface area (Å²) in [6.45, 7) is 9.59. The second kappa shape index (κ2) is 17.3. The summed E-state index contributed by atoms with van der Waals surface area (Å²) in [6, 6.07) is -0.944. The molecule has 0 aliphatic carbocycles. The molecule has 4 fully saturated rings. The number of halogens is 2. The van der Waals surface area contributed by atoms with Gasteiger partial charge in [0.15, 0.2) is 0 Å². The minimum Gasteiger partial charge on any atom is -0.350 e. The standard InChI is InChI=1S/C34H61F2N9O2/c1-23-7-5-3-4-6-8-25(35)18-40-28(17-23)30(32(37)38)33(46)41-29-20-39-19-27(36)31(29)44-11-9-24(10-12-44)34(47)45-15-13-43(14-16-45)26-21-42(2)22-26/h17,24-32,39-40H,3-16,18-22,37-38H2,1-2H3,(H,41,46). The van der Waals surface area contributed by atoms with Gasteiger partial charge >= 0.3 is 0 Å². The van der Waals surface area contributed by atoms with Gasteiger partial charge in [0.1, 0.15) is 12.3 Å². The van der Waals surface area contributed by atoms with Crippen molar-refractivity contribution in [2.45, 2.75) is 101 Å². The van der Waals surface area contributed by atoms with Gasteiger partial charge in [-0.25, -0.2) is 8.78 Å². The van der Waals surface area contributed by atoms with Crippen LogP contribution in [0.25, 0.3) is 0 Å². The van der Waals surface area contributed by atoms with E-state index in [9.17, 15) is 14.0 Å². The van der Waals surface area contributed by atoms with Gasteiger partial charge in [0.2, 0.25) is 11.8 Å². The molecule has 5 rings (SSSR count). The summed E-state index contributed by atoms with van der Waals surface area (Å²) in [5.41, 5.74) is 13.6. The van der Waals surface area contributed by atoms with Crippen LogP contribution in [0.5, 0.6) is 0 Å². The highest BCUT2D eigenvalue weighted by molar-refractivity contribution is 5.81. The second-order valence-electron chi connectivity index (χ2n) is 14.9. The van der Waals surface area contributed by atoms with Gasteiger partial charge in [0, 0.05) is 76.9 Å². The maximum absolute atomic E-state index is 15.7. The molecule has 0 spiro atoms. The van der Waals surface area contributed by atoms with Gasteiger partial charge in [-0.15, -0.1) is 0 Å². The van der Waals surface area contributed by atoms with Crippen molar-refractivity contribution >= 4 is 11.8 Å². The van der Waals surface area contributed by atoms with E-state index < -0.39 is 42.6 Å². The van der Waals surface area contributed by atoms with E-state index in [-0.39, 0.29) is 30.8 Å². The highest BCUT2D eigenvalue weighted by Gasteiger charge is 2.43. The first-order valence-electron chi connectivity index (χ1n) is 18.3. The molecular weight excluding hydrogens is 604 g/mol.